The van der Waals surface area contributed by atoms with Crippen LogP contribution >= 0.6 is 23.2 Å². The molecule has 0 aliphatic carbocycles. The summed E-state index contributed by atoms with van der Waals surface area (Å²) in [6, 6.07) is 11.6. The van der Waals surface area contributed by atoms with Gasteiger partial charge in [0.05, 0.1) is 16.3 Å². The van der Waals surface area contributed by atoms with Crippen molar-refractivity contribution in [1.29, 1.82) is 0 Å². The van der Waals surface area contributed by atoms with Gasteiger partial charge in [-0.2, -0.15) is 5.10 Å². The number of hydrogen-bond acceptors (Lipinski definition) is 3. The minimum absolute atomic E-state index is 0.0570. The van der Waals surface area contributed by atoms with Gasteiger partial charge < -0.3 is 5.32 Å². The Kier molecular flexibility index (Phi) is 7.18. The number of nitrogens with zero attached hydrogens (tertiary/aromatic N) is 1. The third-order valence-corrected chi connectivity index (χ3v) is 4.04. The lowest BCUT2D eigenvalue weighted by atomic mass is 10.1. The molecule has 0 heterocycles. The van der Waals surface area contributed by atoms with E-state index in [4.69, 9.17) is 23.2 Å². The molecular formula is C19H19Cl2N3O2. The van der Waals surface area contributed by atoms with Crippen LogP contribution in [0.2, 0.25) is 10.0 Å². The Morgan fingerprint density at radius 3 is 2.27 bits per heavy atom. The van der Waals surface area contributed by atoms with Gasteiger partial charge in [-0.1, -0.05) is 43.1 Å². The Labute approximate surface area is 162 Å². The van der Waals surface area contributed by atoms with Gasteiger partial charge in [-0.15, -0.1) is 0 Å². The number of halogens is 2. The molecule has 0 unspecified atom stereocenters. The van der Waals surface area contributed by atoms with Crippen molar-refractivity contribution in [3.8, 4) is 0 Å². The monoisotopic (exact) mass is 391 g/mol. The number of amides is 2. The molecule has 0 aliphatic rings. The number of hydrazone groups is 1. The first-order valence-corrected chi connectivity index (χ1v) is 8.79. The number of hydrogen-bond donors (Lipinski definition) is 2. The van der Waals surface area contributed by atoms with Gasteiger partial charge in [0.1, 0.15) is 0 Å². The van der Waals surface area contributed by atoms with Gasteiger partial charge in [0.25, 0.3) is 5.91 Å². The van der Waals surface area contributed by atoms with E-state index in [2.05, 4.69) is 15.8 Å². The third kappa shape index (κ3) is 5.86. The van der Waals surface area contributed by atoms with Crippen LogP contribution in [-0.2, 0) is 4.79 Å². The quantitative estimate of drug-likeness (QED) is 0.551. The Morgan fingerprint density at radius 2 is 1.69 bits per heavy atom. The fourth-order valence-corrected chi connectivity index (χ4v) is 2.64. The van der Waals surface area contributed by atoms with Gasteiger partial charge in [0.15, 0.2) is 0 Å². The number of benzene rings is 2. The lowest BCUT2D eigenvalue weighted by molar-refractivity contribution is -0.116. The van der Waals surface area contributed by atoms with Crippen LogP contribution in [0.5, 0.6) is 0 Å². The predicted octanol–water partition coefficient (Wildman–Crippen LogP) is 4.74. The Balaban J connectivity index is 1.95. The van der Waals surface area contributed by atoms with Crippen LogP contribution < -0.4 is 10.7 Å². The number of carbonyl (C=O) groups is 2. The minimum atomic E-state index is -0.385. The molecule has 7 heteroatoms. The van der Waals surface area contributed by atoms with Crippen molar-refractivity contribution in [2.75, 3.05) is 5.32 Å². The summed E-state index contributed by atoms with van der Waals surface area (Å²) in [6.45, 7) is 3.95. The van der Waals surface area contributed by atoms with Crippen LogP contribution in [0.15, 0.2) is 47.6 Å². The number of nitrogens with one attached hydrogen (secondary N) is 2. The summed E-state index contributed by atoms with van der Waals surface area (Å²) >= 11 is 12.1. The Bertz CT molecular complexity index is 798. The average molecular weight is 392 g/mol. The zero-order chi connectivity index (χ0) is 19.1. The first-order valence-electron chi connectivity index (χ1n) is 8.04. The largest absolute Gasteiger partial charge is 0.326 e. The van der Waals surface area contributed by atoms with Gasteiger partial charge in [-0.3, -0.25) is 9.59 Å². The SMILES string of the molecule is CC(C)CC(=O)Nc1ccc(C(=O)N/N=C/c2c(Cl)cccc2Cl)cc1. The lowest BCUT2D eigenvalue weighted by Crippen LogP contribution is -2.18. The van der Waals surface area contributed by atoms with Gasteiger partial charge in [-0.05, 0) is 42.3 Å². The number of carbonyl (C=O) groups excluding carboxylic acids is 2. The molecule has 0 aromatic heterocycles. The molecule has 26 heavy (non-hydrogen) atoms. The van der Waals surface area contributed by atoms with E-state index in [1.165, 1.54) is 6.21 Å². The average Bonchev–Trinajstić information content (AvgIpc) is 2.57. The normalized spacial score (nSPS) is 11.0. The van der Waals surface area contributed by atoms with E-state index in [-0.39, 0.29) is 17.7 Å². The lowest BCUT2D eigenvalue weighted by Gasteiger charge is -2.07. The zero-order valence-electron chi connectivity index (χ0n) is 14.4. The Hall–Kier alpha value is -2.37. The molecule has 2 amide bonds. The molecule has 0 atom stereocenters. The summed E-state index contributed by atoms with van der Waals surface area (Å²) in [4.78, 5) is 23.8. The topological polar surface area (TPSA) is 70.6 Å². The highest BCUT2D eigenvalue weighted by Crippen LogP contribution is 2.22. The van der Waals surface area contributed by atoms with E-state index in [1.807, 2.05) is 13.8 Å². The predicted molar refractivity (Wildman–Crippen MR) is 106 cm³/mol. The van der Waals surface area contributed by atoms with E-state index in [1.54, 1.807) is 42.5 Å². The maximum atomic E-state index is 12.1. The van der Waals surface area contributed by atoms with Crippen molar-refractivity contribution in [1.82, 2.24) is 5.43 Å². The van der Waals surface area contributed by atoms with Crippen molar-refractivity contribution in [3.05, 3.63) is 63.6 Å². The second-order valence-electron chi connectivity index (χ2n) is 6.06. The number of anilines is 1. The maximum Gasteiger partial charge on any atom is 0.271 e. The van der Waals surface area contributed by atoms with E-state index in [0.717, 1.165) is 0 Å². The third-order valence-electron chi connectivity index (χ3n) is 3.38. The summed E-state index contributed by atoms with van der Waals surface area (Å²) in [5, 5.41) is 7.55. The molecule has 136 valence electrons. The number of rotatable bonds is 6. The van der Waals surface area contributed by atoms with Gasteiger partial charge in [0, 0.05) is 23.2 Å². The molecule has 0 saturated carbocycles. The fraction of sp³-hybridized carbons (Fsp3) is 0.211. The fourth-order valence-electron chi connectivity index (χ4n) is 2.14. The second-order valence-corrected chi connectivity index (χ2v) is 6.87. The standard InChI is InChI=1S/C19H19Cl2N3O2/c1-12(2)10-18(25)23-14-8-6-13(7-9-14)19(26)24-22-11-15-16(20)4-3-5-17(15)21/h3-9,11-12H,10H2,1-2H3,(H,23,25)(H,24,26)/b22-11+. The van der Waals surface area contributed by atoms with E-state index in [0.29, 0.717) is 33.3 Å². The van der Waals surface area contributed by atoms with Crippen LogP contribution in [-0.4, -0.2) is 18.0 Å². The molecule has 2 rings (SSSR count). The summed E-state index contributed by atoms with van der Waals surface area (Å²) in [7, 11) is 0. The Morgan fingerprint density at radius 1 is 1.08 bits per heavy atom. The van der Waals surface area contributed by atoms with Gasteiger partial charge >= 0.3 is 0 Å². The van der Waals surface area contributed by atoms with Crippen molar-refractivity contribution >= 4 is 46.9 Å². The first kappa shape index (κ1) is 19.9. The molecule has 0 bridgehead atoms. The van der Waals surface area contributed by atoms with Crippen molar-refractivity contribution < 1.29 is 9.59 Å². The molecule has 0 aliphatic heterocycles. The van der Waals surface area contributed by atoms with Crippen molar-refractivity contribution in [2.45, 2.75) is 20.3 Å². The summed E-state index contributed by atoms with van der Waals surface area (Å²) in [6.07, 6.45) is 1.84. The second kappa shape index (κ2) is 9.36. The molecule has 5 nitrogen and oxygen atoms in total. The van der Waals surface area contributed by atoms with Gasteiger partial charge in [0.2, 0.25) is 5.91 Å². The molecule has 2 aromatic carbocycles. The molecule has 2 aromatic rings. The van der Waals surface area contributed by atoms with Crippen molar-refractivity contribution in [3.63, 3.8) is 0 Å². The molecule has 2 N–H and O–H groups in total. The molecule has 0 fully saturated rings. The molecule has 0 spiro atoms. The summed E-state index contributed by atoms with van der Waals surface area (Å²) < 4.78 is 0. The summed E-state index contributed by atoms with van der Waals surface area (Å²) in [5.41, 5.74) is 3.99. The summed E-state index contributed by atoms with van der Waals surface area (Å²) in [5.74, 6) is -0.160. The minimum Gasteiger partial charge on any atom is -0.326 e. The molecular weight excluding hydrogens is 373 g/mol. The van der Waals surface area contributed by atoms with E-state index >= 15 is 0 Å². The van der Waals surface area contributed by atoms with E-state index < -0.39 is 0 Å². The maximum absolute atomic E-state index is 12.1. The first-order chi connectivity index (χ1) is 12.4. The van der Waals surface area contributed by atoms with Crippen LogP contribution in [0.3, 0.4) is 0 Å². The van der Waals surface area contributed by atoms with Crippen molar-refractivity contribution in [2.24, 2.45) is 11.0 Å². The van der Waals surface area contributed by atoms with Crippen LogP contribution in [0.4, 0.5) is 5.69 Å². The highest BCUT2D eigenvalue weighted by Gasteiger charge is 2.08. The highest BCUT2D eigenvalue weighted by atomic mass is 35.5. The van der Waals surface area contributed by atoms with Crippen LogP contribution in [0.25, 0.3) is 0 Å². The zero-order valence-corrected chi connectivity index (χ0v) is 15.9. The van der Waals surface area contributed by atoms with Crippen LogP contribution in [0, 0.1) is 5.92 Å². The smallest absolute Gasteiger partial charge is 0.271 e. The van der Waals surface area contributed by atoms with Crippen LogP contribution in [0.1, 0.15) is 36.2 Å². The molecule has 0 saturated heterocycles. The van der Waals surface area contributed by atoms with Gasteiger partial charge in [-0.25, -0.2) is 5.43 Å². The molecule has 0 radical (unpaired) electrons. The highest BCUT2D eigenvalue weighted by molar-refractivity contribution is 6.38. The van der Waals surface area contributed by atoms with E-state index in [9.17, 15) is 9.59 Å².